The van der Waals surface area contributed by atoms with Crippen LogP contribution < -0.4 is 4.90 Å². The molecule has 0 N–H and O–H groups in total. The standard InChI is InChI=1S/C36H41N/c1-22-19-25-20-31-23(2)24(3)37(26-13-7-6-8-14-26)33(31)21-32(25)34(22)36(4,5)35-29-17-11-9-15-27(29)28-16-10-12-18-30(28)35/h6-18,22,25,31-35H,19-21H2,1-5H3. The van der Waals surface area contributed by atoms with Gasteiger partial charge in [-0.05, 0) is 102 Å². The van der Waals surface area contributed by atoms with Crippen molar-refractivity contribution in [2.75, 3.05) is 4.90 Å². The Kier molecular flexibility index (Phi) is 5.27. The Morgan fingerprint density at radius 2 is 1.32 bits per heavy atom. The number of hydrogen-bond acceptors (Lipinski definition) is 1. The van der Waals surface area contributed by atoms with Gasteiger partial charge >= 0.3 is 0 Å². The summed E-state index contributed by atoms with van der Waals surface area (Å²) in [6.07, 6.45) is 4.10. The number of nitrogens with zero attached hydrogens (tertiary/aromatic N) is 1. The average Bonchev–Trinajstić information content (AvgIpc) is 3.50. The Bertz CT molecular complexity index is 1320. The smallest absolute Gasteiger partial charge is 0.0410 e. The Balaban J connectivity index is 1.27. The lowest BCUT2D eigenvalue weighted by atomic mass is 9.58. The van der Waals surface area contributed by atoms with E-state index in [1.54, 1.807) is 16.7 Å². The maximum atomic E-state index is 2.71. The van der Waals surface area contributed by atoms with Crippen LogP contribution in [0.15, 0.2) is 90.1 Å². The molecule has 0 aromatic heterocycles. The van der Waals surface area contributed by atoms with E-state index in [1.807, 2.05) is 0 Å². The normalized spacial score (nSPS) is 30.8. The van der Waals surface area contributed by atoms with Crippen molar-refractivity contribution in [1.82, 2.24) is 0 Å². The maximum absolute atomic E-state index is 2.71. The fourth-order valence-corrected chi connectivity index (χ4v) is 9.92. The molecule has 0 amide bonds. The quantitative estimate of drug-likeness (QED) is 0.356. The second kappa shape index (κ2) is 8.35. The fourth-order valence-electron chi connectivity index (χ4n) is 9.92. The third-order valence-corrected chi connectivity index (χ3v) is 11.2. The van der Waals surface area contributed by atoms with Gasteiger partial charge in [-0.15, -0.1) is 0 Å². The lowest BCUT2D eigenvalue weighted by Gasteiger charge is -2.48. The summed E-state index contributed by atoms with van der Waals surface area (Å²) in [6.45, 7) is 12.6. The van der Waals surface area contributed by atoms with Crippen LogP contribution >= 0.6 is 0 Å². The van der Waals surface area contributed by atoms with Gasteiger partial charge in [0.15, 0.2) is 0 Å². The topological polar surface area (TPSA) is 3.24 Å². The van der Waals surface area contributed by atoms with Gasteiger partial charge in [0.1, 0.15) is 0 Å². The molecule has 6 unspecified atom stereocenters. The molecule has 1 aliphatic heterocycles. The first-order chi connectivity index (χ1) is 17.9. The predicted molar refractivity (Wildman–Crippen MR) is 156 cm³/mol. The number of anilines is 1. The van der Waals surface area contributed by atoms with Crippen molar-refractivity contribution in [1.29, 1.82) is 0 Å². The van der Waals surface area contributed by atoms with E-state index in [1.165, 1.54) is 41.8 Å². The molecular weight excluding hydrogens is 446 g/mol. The van der Waals surface area contributed by atoms with Crippen LogP contribution in [0.2, 0.25) is 0 Å². The van der Waals surface area contributed by atoms with E-state index >= 15 is 0 Å². The molecule has 0 spiro atoms. The minimum Gasteiger partial charge on any atom is -0.342 e. The molecule has 190 valence electrons. The molecule has 0 saturated heterocycles. The molecule has 2 saturated carbocycles. The summed E-state index contributed by atoms with van der Waals surface area (Å²) in [5, 5.41) is 0. The molecular formula is C36H41N. The van der Waals surface area contributed by atoms with Crippen LogP contribution in [0.25, 0.3) is 11.1 Å². The number of allylic oxidation sites excluding steroid dienone is 1. The minimum absolute atomic E-state index is 0.197. The second-order valence-electron chi connectivity index (χ2n) is 13.2. The Morgan fingerprint density at radius 1 is 0.730 bits per heavy atom. The van der Waals surface area contributed by atoms with Crippen molar-refractivity contribution < 1.29 is 0 Å². The van der Waals surface area contributed by atoms with Gasteiger partial charge in [0, 0.05) is 29.3 Å². The number of para-hydroxylation sites is 1. The van der Waals surface area contributed by atoms with E-state index in [0.29, 0.717) is 17.9 Å². The Labute approximate surface area is 223 Å². The third kappa shape index (κ3) is 3.28. The highest BCUT2D eigenvalue weighted by molar-refractivity contribution is 5.79. The Hall–Kier alpha value is -2.80. The van der Waals surface area contributed by atoms with E-state index in [9.17, 15) is 0 Å². The SMILES string of the molecule is CC1=C(C)N(c2ccccc2)C2CC3C(CC(C)C3C(C)(C)C3c4ccccc4-c4ccccc43)CC12. The van der Waals surface area contributed by atoms with Crippen molar-refractivity contribution in [3.8, 4) is 11.1 Å². The van der Waals surface area contributed by atoms with Gasteiger partial charge in [0.05, 0.1) is 0 Å². The van der Waals surface area contributed by atoms with Gasteiger partial charge in [-0.25, -0.2) is 0 Å². The molecule has 1 nitrogen and oxygen atoms in total. The number of hydrogen-bond donors (Lipinski definition) is 0. The second-order valence-corrected chi connectivity index (χ2v) is 13.2. The van der Waals surface area contributed by atoms with E-state index in [4.69, 9.17) is 0 Å². The molecule has 3 aliphatic carbocycles. The van der Waals surface area contributed by atoms with Crippen LogP contribution in [0.1, 0.15) is 70.9 Å². The molecule has 7 rings (SSSR count). The zero-order valence-corrected chi connectivity index (χ0v) is 23.1. The summed E-state index contributed by atoms with van der Waals surface area (Å²) in [6, 6.07) is 30.3. The van der Waals surface area contributed by atoms with Gasteiger partial charge in [0.25, 0.3) is 0 Å². The lowest BCUT2D eigenvalue weighted by molar-refractivity contribution is 0.0693. The van der Waals surface area contributed by atoms with Crippen LogP contribution in [0.5, 0.6) is 0 Å². The van der Waals surface area contributed by atoms with Crippen molar-refractivity contribution in [3.05, 3.63) is 101 Å². The molecule has 0 bridgehead atoms. The van der Waals surface area contributed by atoms with Crippen LogP contribution in [0.3, 0.4) is 0 Å². The zero-order valence-electron chi connectivity index (χ0n) is 23.1. The summed E-state index contributed by atoms with van der Waals surface area (Å²) in [5.41, 5.74) is 10.8. The van der Waals surface area contributed by atoms with Crippen molar-refractivity contribution in [2.45, 2.75) is 65.8 Å². The van der Waals surface area contributed by atoms with Crippen LogP contribution in [0.4, 0.5) is 5.69 Å². The largest absolute Gasteiger partial charge is 0.342 e. The zero-order chi connectivity index (χ0) is 25.5. The number of benzene rings is 3. The van der Waals surface area contributed by atoms with Gasteiger partial charge in [0.2, 0.25) is 0 Å². The molecule has 3 aromatic rings. The lowest BCUT2D eigenvalue weighted by Crippen LogP contribution is -2.45. The Morgan fingerprint density at radius 3 is 1.97 bits per heavy atom. The summed E-state index contributed by atoms with van der Waals surface area (Å²) in [5.74, 6) is 4.31. The maximum Gasteiger partial charge on any atom is 0.0410 e. The fraction of sp³-hybridized carbons (Fsp3) is 0.444. The van der Waals surface area contributed by atoms with Crippen LogP contribution in [0, 0.1) is 35.0 Å². The summed E-state index contributed by atoms with van der Waals surface area (Å²) in [7, 11) is 0. The molecule has 0 radical (unpaired) electrons. The van der Waals surface area contributed by atoms with Gasteiger partial charge < -0.3 is 4.90 Å². The monoisotopic (exact) mass is 487 g/mol. The molecule has 37 heavy (non-hydrogen) atoms. The molecule has 3 aromatic carbocycles. The van der Waals surface area contributed by atoms with Gasteiger partial charge in [-0.1, -0.05) is 87.5 Å². The van der Waals surface area contributed by atoms with Crippen LogP contribution in [-0.4, -0.2) is 6.04 Å². The molecule has 6 atom stereocenters. The highest BCUT2D eigenvalue weighted by atomic mass is 15.2. The van der Waals surface area contributed by atoms with Gasteiger partial charge in [-0.2, -0.15) is 0 Å². The van der Waals surface area contributed by atoms with E-state index in [-0.39, 0.29) is 5.41 Å². The third-order valence-electron chi connectivity index (χ3n) is 11.2. The highest BCUT2D eigenvalue weighted by Gasteiger charge is 2.57. The van der Waals surface area contributed by atoms with E-state index in [2.05, 4.69) is 118 Å². The highest BCUT2D eigenvalue weighted by Crippen LogP contribution is 2.64. The molecule has 1 heterocycles. The molecule has 2 fully saturated rings. The van der Waals surface area contributed by atoms with Gasteiger partial charge in [-0.3, -0.25) is 0 Å². The number of rotatable bonds is 3. The molecule has 1 heteroatoms. The summed E-state index contributed by atoms with van der Waals surface area (Å²) < 4.78 is 0. The van der Waals surface area contributed by atoms with E-state index in [0.717, 1.165) is 23.7 Å². The number of fused-ring (bicyclic) bond motifs is 5. The summed E-state index contributed by atoms with van der Waals surface area (Å²) >= 11 is 0. The molecule has 4 aliphatic rings. The minimum atomic E-state index is 0.197. The predicted octanol–water partition coefficient (Wildman–Crippen LogP) is 9.31. The van der Waals surface area contributed by atoms with Crippen LogP contribution in [-0.2, 0) is 0 Å². The first kappa shape index (κ1) is 23.3. The van der Waals surface area contributed by atoms with Crippen molar-refractivity contribution in [2.24, 2.45) is 35.0 Å². The van der Waals surface area contributed by atoms with E-state index < -0.39 is 0 Å². The summed E-state index contributed by atoms with van der Waals surface area (Å²) in [4.78, 5) is 2.71. The first-order valence-electron chi connectivity index (χ1n) is 14.6. The first-order valence-corrected chi connectivity index (χ1v) is 14.6. The average molecular weight is 488 g/mol. The van der Waals surface area contributed by atoms with Crippen molar-refractivity contribution >= 4 is 5.69 Å². The van der Waals surface area contributed by atoms with Crippen molar-refractivity contribution in [3.63, 3.8) is 0 Å².